The topological polar surface area (TPSA) is 96.4 Å². The van der Waals surface area contributed by atoms with Crippen molar-refractivity contribution in [1.29, 1.82) is 0 Å². The van der Waals surface area contributed by atoms with Crippen LogP contribution in [0.25, 0.3) is 11.4 Å². The summed E-state index contributed by atoms with van der Waals surface area (Å²) in [5.41, 5.74) is 9.46. The van der Waals surface area contributed by atoms with Gasteiger partial charge in [0, 0.05) is 31.9 Å². The summed E-state index contributed by atoms with van der Waals surface area (Å²) in [4.78, 5) is 27.3. The SMILES string of the molecule is CC(=O)OC1Cc2ccccc2C1.CCn1c(-c2ccc(OC)cc2Cl)nc(C)c(N)c1=O. The van der Waals surface area contributed by atoms with Crippen LogP contribution in [0, 0.1) is 6.92 Å². The number of benzene rings is 2. The summed E-state index contributed by atoms with van der Waals surface area (Å²) in [7, 11) is 1.57. The van der Waals surface area contributed by atoms with Crippen LogP contribution in [0.4, 0.5) is 5.69 Å². The third-order valence-electron chi connectivity index (χ3n) is 5.47. The average molecular weight is 470 g/mol. The Morgan fingerprint density at radius 1 is 1.21 bits per heavy atom. The molecule has 0 unspecified atom stereocenters. The Labute approximate surface area is 198 Å². The van der Waals surface area contributed by atoms with Crippen LogP contribution < -0.4 is 16.0 Å². The monoisotopic (exact) mass is 469 g/mol. The third kappa shape index (κ3) is 5.54. The van der Waals surface area contributed by atoms with Crippen LogP contribution in [0.5, 0.6) is 5.75 Å². The number of carbonyl (C=O) groups excluding carboxylic acids is 1. The van der Waals surface area contributed by atoms with Crippen LogP contribution in [-0.4, -0.2) is 28.7 Å². The van der Waals surface area contributed by atoms with Crippen molar-refractivity contribution in [2.24, 2.45) is 0 Å². The molecule has 0 bridgehead atoms. The standard InChI is InChI=1S/C14H16ClN3O2.C11H12O2/c1-4-18-13(17-8(2)12(16)14(18)19)10-6-5-9(20-3)7-11(10)15;1-8(12)13-11-6-9-4-2-3-5-10(9)7-11/h5-7H,4,16H2,1-3H3;2-5,11H,6-7H2,1H3. The lowest BCUT2D eigenvalue weighted by molar-refractivity contribution is -0.145. The van der Waals surface area contributed by atoms with Crippen molar-refractivity contribution in [3.63, 3.8) is 0 Å². The predicted octanol–water partition coefficient (Wildman–Crippen LogP) is 4.20. The molecule has 1 heterocycles. The zero-order chi connectivity index (χ0) is 24.1. The minimum atomic E-state index is -0.248. The number of hydrogen-bond acceptors (Lipinski definition) is 6. The van der Waals surface area contributed by atoms with E-state index in [1.807, 2.05) is 19.1 Å². The van der Waals surface area contributed by atoms with Crippen molar-refractivity contribution in [1.82, 2.24) is 9.55 Å². The number of esters is 1. The molecule has 2 N–H and O–H groups in total. The first kappa shape index (κ1) is 24.3. The van der Waals surface area contributed by atoms with Gasteiger partial charge in [0.1, 0.15) is 23.4 Å². The summed E-state index contributed by atoms with van der Waals surface area (Å²) < 4.78 is 11.8. The van der Waals surface area contributed by atoms with Gasteiger partial charge < -0.3 is 15.2 Å². The van der Waals surface area contributed by atoms with Crippen molar-refractivity contribution in [3.05, 3.63) is 74.7 Å². The van der Waals surface area contributed by atoms with Gasteiger partial charge in [0.05, 0.1) is 17.8 Å². The van der Waals surface area contributed by atoms with Gasteiger partial charge >= 0.3 is 5.97 Å². The fourth-order valence-electron chi connectivity index (χ4n) is 3.82. The molecule has 0 atom stereocenters. The predicted molar refractivity (Wildman–Crippen MR) is 130 cm³/mol. The fourth-order valence-corrected chi connectivity index (χ4v) is 4.07. The number of methoxy groups -OCH3 is 1. The second-order valence-corrected chi connectivity index (χ2v) is 8.15. The van der Waals surface area contributed by atoms with Crippen LogP contribution >= 0.6 is 11.6 Å². The molecule has 0 saturated heterocycles. The number of fused-ring (bicyclic) bond motifs is 1. The van der Waals surface area contributed by atoms with E-state index >= 15 is 0 Å². The van der Waals surface area contributed by atoms with Gasteiger partial charge in [-0.2, -0.15) is 0 Å². The second kappa shape index (κ2) is 10.5. The molecule has 0 aliphatic heterocycles. The Bertz CT molecular complexity index is 1200. The molecule has 1 aliphatic rings. The Balaban J connectivity index is 0.000000203. The first-order valence-electron chi connectivity index (χ1n) is 10.7. The summed E-state index contributed by atoms with van der Waals surface area (Å²) in [6, 6.07) is 13.5. The zero-order valence-corrected chi connectivity index (χ0v) is 20.0. The number of nitrogens with zero attached hydrogens (tertiary/aromatic N) is 2. The van der Waals surface area contributed by atoms with Crippen LogP contribution in [0.3, 0.4) is 0 Å². The van der Waals surface area contributed by atoms with Crippen LogP contribution in [-0.2, 0) is 28.9 Å². The van der Waals surface area contributed by atoms with Crippen molar-refractivity contribution in [2.75, 3.05) is 12.8 Å². The summed E-state index contributed by atoms with van der Waals surface area (Å²) in [6.45, 7) is 5.49. The fraction of sp³-hybridized carbons (Fsp3) is 0.320. The minimum Gasteiger partial charge on any atom is -0.497 e. The van der Waals surface area contributed by atoms with Crippen molar-refractivity contribution < 1.29 is 14.3 Å². The number of halogens is 1. The molecular weight excluding hydrogens is 442 g/mol. The molecule has 4 rings (SSSR count). The molecule has 7 nitrogen and oxygen atoms in total. The number of nitrogens with two attached hydrogens (primary N) is 1. The average Bonchev–Trinajstić information content (AvgIpc) is 3.19. The number of anilines is 1. The number of carbonyl (C=O) groups is 1. The third-order valence-corrected chi connectivity index (χ3v) is 5.79. The Kier molecular flexibility index (Phi) is 7.76. The Morgan fingerprint density at radius 3 is 2.36 bits per heavy atom. The molecule has 0 spiro atoms. The summed E-state index contributed by atoms with van der Waals surface area (Å²) >= 11 is 6.25. The highest BCUT2D eigenvalue weighted by Crippen LogP contribution is 2.30. The molecule has 3 aromatic rings. The number of nitrogen functional groups attached to an aromatic ring is 1. The van der Waals surface area contributed by atoms with Gasteiger partial charge in [-0.05, 0) is 43.2 Å². The molecule has 0 saturated carbocycles. The molecule has 1 aliphatic carbocycles. The summed E-state index contributed by atoms with van der Waals surface area (Å²) in [5, 5.41) is 0.475. The molecule has 1 aromatic heterocycles. The highest BCUT2D eigenvalue weighted by atomic mass is 35.5. The first-order chi connectivity index (χ1) is 15.7. The quantitative estimate of drug-likeness (QED) is 0.575. The summed E-state index contributed by atoms with van der Waals surface area (Å²) in [5.74, 6) is 0.978. The lowest BCUT2D eigenvalue weighted by atomic mass is 10.1. The Hall–Kier alpha value is -3.32. The van der Waals surface area contributed by atoms with Gasteiger partial charge in [0.15, 0.2) is 0 Å². The number of aromatic nitrogens is 2. The van der Waals surface area contributed by atoms with E-state index < -0.39 is 0 Å². The van der Waals surface area contributed by atoms with Gasteiger partial charge in [0.2, 0.25) is 0 Å². The van der Waals surface area contributed by atoms with E-state index in [9.17, 15) is 9.59 Å². The zero-order valence-electron chi connectivity index (χ0n) is 19.2. The number of hydrogen-bond donors (Lipinski definition) is 1. The van der Waals surface area contributed by atoms with E-state index in [2.05, 4.69) is 17.1 Å². The van der Waals surface area contributed by atoms with Crippen LogP contribution in [0.2, 0.25) is 5.02 Å². The highest BCUT2D eigenvalue weighted by Gasteiger charge is 2.22. The maximum Gasteiger partial charge on any atom is 0.302 e. The largest absolute Gasteiger partial charge is 0.497 e. The molecule has 8 heteroatoms. The minimum absolute atomic E-state index is 0.0647. The first-order valence-corrected chi connectivity index (χ1v) is 11.1. The molecule has 174 valence electrons. The lowest BCUT2D eigenvalue weighted by Crippen LogP contribution is -2.26. The van der Waals surface area contributed by atoms with E-state index in [-0.39, 0.29) is 23.3 Å². The van der Waals surface area contributed by atoms with Crippen LogP contribution in [0.1, 0.15) is 30.7 Å². The molecule has 0 radical (unpaired) electrons. The van der Waals surface area contributed by atoms with Crippen molar-refractivity contribution >= 4 is 23.3 Å². The van der Waals surface area contributed by atoms with E-state index in [4.69, 9.17) is 26.8 Å². The van der Waals surface area contributed by atoms with Crippen molar-refractivity contribution in [3.8, 4) is 17.1 Å². The molecule has 0 amide bonds. The lowest BCUT2D eigenvalue weighted by Gasteiger charge is -2.14. The molecular formula is C25H28ClN3O4. The maximum absolute atomic E-state index is 12.2. The Morgan fingerprint density at radius 2 is 1.85 bits per heavy atom. The van der Waals surface area contributed by atoms with E-state index in [1.54, 1.807) is 32.2 Å². The maximum atomic E-state index is 12.2. The van der Waals surface area contributed by atoms with Gasteiger partial charge in [-0.1, -0.05) is 35.9 Å². The number of rotatable bonds is 4. The van der Waals surface area contributed by atoms with E-state index in [0.29, 0.717) is 34.4 Å². The number of ether oxygens (including phenoxy) is 2. The number of aryl methyl sites for hydroxylation is 1. The second-order valence-electron chi connectivity index (χ2n) is 7.74. The molecule has 33 heavy (non-hydrogen) atoms. The van der Waals surface area contributed by atoms with Crippen molar-refractivity contribution in [2.45, 2.75) is 46.3 Å². The highest BCUT2D eigenvalue weighted by molar-refractivity contribution is 6.33. The van der Waals surface area contributed by atoms with Gasteiger partial charge in [-0.3, -0.25) is 14.2 Å². The van der Waals surface area contributed by atoms with E-state index in [1.165, 1.54) is 22.6 Å². The summed E-state index contributed by atoms with van der Waals surface area (Å²) in [6.07, 6.45) is 1.81. The van der Waals surface area contributed by atoms with E-state index in [0.717, 1.165) is 12.8 Å². The molecule has 2 aromatic carbocycles. The normalized spacial score (nSPS) is 12.5. The van der Waals surface area contributed by atoms with Gasteiger partial charge in [-0.15, -0.1) is 0 Å². The van der Waals surface area contributed by atoms with Gasteiger partial charge in [-0.25, -0.2) is 4.98 Å². The van der Waals surface area contributed by atoms with Crippen LogP contribution in [0.15, 0.2) is 47.3 Å². The smallest absolute Gasteiger partial charge is 0.302 e. The molecule has 0 fully saturated rings. The van der Waals surface area contributed by atoms with Gasteiger partial charge in [0.25, 0.3) is 5.56 Å².